The lowest BCUT2D eigenvalue weighted by Crippen LogP contribution is -2.55. The second-order valence-corrected chi connectivity index (χ2v) is 12.5. The van der Waals surface area contributed by atoms with Gasteiger partial charge in [-0.2, -0.15) is 4.31 Å². The maximum atomic E-state index is 13.5. The molecule has 218 valence electrons. The molecule has 11 nitrogen and oxygen atoms in total. The number of carbonyl (C=O) groups excluding carboxylic acids is 2. The number of hydrogen-bond acceptors (Lipinski definition) is 7. The molecule has 0 bridgehead atoms. The number of sulfonamides is 1. The average Bonchev–Trinajstić information content (AvgIpc) is 3.52. The van der Waals surface area contributed by atoms with E-state index in [1.54, 1.807) is 46.2 Å². The van der Waals surface area contributed by atoms with Crippen molar-refractivity contribution < 1.29 is 22.4 Å². The number of nitrogens with zero attached hydrogens (tertiary/aromatic N) is 5. The van der Waals surface area contributed by atoms with Crippen LogP contribution >= 0.6 is 0 Å². The molecule has 2 fully saturated rings. The number of aromatic nitrogens is 3. The molecular formula is C28H34FN7O4S. The third-order valence-corrected chi connectivity index (χ3v) is 8.91. The molecule has 41 heavy (non-hydrogen) atoms. The first-order valence-corrected chi connectivity index (χ1v) is 15.5. The molecule has 0 spiro atoms. The summed E-state index contributed by atoms with van der Waals surface area (Å²) in [5, 5.41) is 14.1. The van der Waals surface area contributed by atoms with Crippen LogP contribution in [0.2, 0.25) is 0 Å². The number of piperazine rings is 1. The highest BCUT2D eigenvalue weighted by molar-refractivity contribution is 7.88. The van der Waals surface area contributed by atoms with Gasteiger partial charge in [0.1, 0.15) is 11.9 Å². The van der Waals surface area contributed by atoms with Gasteiger partial charge in [0.15, 0.2) is 0 Å². The van der Waals surface area contributed by atoms with E-state index in [0.29, 0.717) is 36.9 Å². The fourth-order valence-electron chi connectivity index (χ4n) is 5.16. The minimum atomic E-state index is -3.33. The Balaban J connectivity index is 1.18. The van der Waals surface area contributed by atoms with Crippen molar-refractivity contribution in [3.63, 3.8) is 0 Å². The molecule has 1 aliphatic heterocycles. The number of hydrogen-bond donors (Lipinski definition) is 2. The Morgan fingerprint density at radius 1 is 1.05 bits per heavy atom. The molecule has 5 rings (SSSR count). The van der Waals surface area contributed by atoms with Crippen molar-refractivity contribution in [2.45, 2.75) is 37.3 Å². The molecule has 2 aromatic carbocycles. The van der Waals surface area contributed by atoms with E-state index in [1.807, 2.05) is 12.1 Å². The maximum absolute atomic E-state index is 13.5. The first-order valence-electron chi connectivity index (χ1n) is 13.7. The van der Waals surface area contributed by atoms with Gasteiger partial charge < -0.3 is 15.5 Å². The first-order chi connectivity index (χ1) is 19.7. The number of rotatable bonds is 11. The van der Waals surface area contributed by atoms with Gasteiger partial charge in [-0.3, -0.25) is 9.59 Å². The Morgan fingerprint density at radius 2 is 1.76 bits per heavy atom. The topological polar surface area (TPSA) is 130 Å². The van der Waals surface area contributed by atoms with Crippen molar-refractivity contribution in [1.82, 2.24) is 34.8 Å². The average molecular weight is 584 g/mol. The number of amides is 2. The summed E-state index contributed by atoms with van der Waals surface area (Å²) in [6.45, 7) is 1.65. The van der Waals surface area contributed by atoms with Gasteiger partial charge in [0.2, 0.25) is 15.9 Å². The van der Waals surface area contributed by atoms with Gasteiger partial charge in [-0.05, 0) is 67.8 Å². The number of carbonyl (C=O) groups is 2. The predicted octanol–water partition coefficient (Wildman–Crippen LogP) is 1.53. The van der Waals surface area contributed by atoms with E-state index in [9.17, 15) is 22.4 Å². The Bertz CT molecular complexity index is 1440. The third kappa shape index (κ3) is 7.34. The third-order valence-electron chi connectivity index (χ3n) is 7.60. The minimum absolute atomic E-state index is 0.221. The normalized spacial score (nSPS) is 20.0. The highest BCUT2D eigenvalue weighted by Gasteiger charge is 2.38. The van der Waals surface area contributed by atoms with Crippen LogP contribution < -0.4 is 10.6 Å². The lowest BCUT2D eigenvalue weighted by Gasteiger charge is -2.35. The van der Waals surface area contributed by atoms with Crippen LogP contribution in [0.15, 0.2) is 60.9 Å². The second-order valence-electron chi connectivity index (χ2n) is 10.5. The summed E-state index contributed by atoms with van der Waals surface area (Å²) < 4.78 is 40.0. The smallest absolute Gasteiger partial charge is 0.251 e. The molecule has 2 aliphatic rings. The Morgan fingerprint density at radius 3 is 2.39 bits per heavy atom. The van der Waals surface area contributed by atoms with Crippen LogP contribution in [0.3, 0.4) is 0 Å². The number of benzene rings is 2. The fourth-order valence-corrected chi connectivity index (χ4v) is 5.99. The SMILES string of the molecule is CS(=O)(=O)N1CCN(C(=O)[C@H](CCCN[C@@H]2C[C@H]2c2ccc(F)cc2)NC(=O)c2ccc(-n3ccnn3)cc2)CC1. The van der Waals surface area contributed by atoms with Crippen molar-refractivity contribution in [3.8, 4) is 5.69 Å². The van der Waals surface area contributed by atoms with E-state index in [4.69, 9.17) is 0 Å². The van der Waals surface area contributed by atoms with E-state index in [0.717, 1.165) is 23.9 Å². The molecule has 0 radical (unpaired) electrons. The maximum Gasteiger partial charge on any atom is 0.251 e. The molecular weight excluding hydrogens is 549 g/mol. The first kappa shape index (κ1) is 28.8. The zero-order valence-electron chi connectivity index (χ0n) is 22.8. The molecule has 2 amide bonds. The summed E-state index contributed by atoms with van der Waals surface area (Å²) in [6.07, 6.45) is 6.47. The van der Waals surface area contributed by atoms with Gasteiger partial charge >= 0.3 is 0 Å². The Labute approximate surface area is 238 Å². The molecule has 1 aromatic heterocycles. The highest BCUT2D eigenvalue weighted by atomic mass is 32.2. The van der Waals surface area contributed by atoms with E-state index < -0.39 is 16.1 Å². The number of nitrogens with one attached hydrogen (secondary N) is 2. The molecule has 1 saturated heterocycles. The van der Waals surface area contributed by atoms with Gasteiger partial charge in [0.25, 0.3) is 5.91 Å². The van der Waals surface area contributed by atoms with Gasteiger partial charge in [0, 0.05) is 43.7 Å². The van der Waals surface area contributed by atoms with Crippen molar-refractivity contribution in [2.24, 2.45) is 0 Å². The Hall–Kier alpha value is -3.68. The lowest BCUT2D eigenvalue weighted by molar-refractivity contribution is -0.134. The highest BCUT2D eigenvalue weighted by Crippen LogP contribution is 2.40. The second kappa shape index (κ2) is 12.5. The van der Waals surface area contributed by atoms with Crippen molar-refractivity contribution in [1.29, 1.82) is 0 Å². The molecule has 1 aliphatic carbocycles. The molecule has 3 aromatic rings. The quantitative estimate of drug-likeness (QED) is 0.328. The summed E-state index contributed by atoms with van der Waals surface area (Å²) >= 11 is 0. The monoisotopic (exact) mass is 583 g/mol. The molecule has 2 heterocycles. The molecule has 1 saturated carbocycles. The van der Waals surface area contributed by atoms with Crippen LogP contribution in [0.25, 0.3) is 5.69 Å². The van der Waals surface area contributed by atoms with Gasteiger partial charge in [-0.25, -0.2) is 17.5 Å². The summed E-state index contributed by atoms with van der Waals surface area (Å²) in [4.78, 5) is 28.3. The zero-order valence-corrected chi connectivity index (χ0v) is 23.6. The molecule has 0 unspecified atom stereocenters. The van der Waals surface area contributed by atoms with Gasteiger partial charge in [-0.1, -0.05) is 17.3 Å². The minimum Gasteiger partial charge on any atom is -0.340 e. The largest absolute Gasteiger partial charge is 0.340 e. The van der Waals surface area contributed by atoms with Crippen molar-refractivity contribution in [2.75, 3.05) is 39.0 Å². The van der Waals surface area contributed by atoms with E-state index in [1.165, 1.54) is 16.4 Å². The van der Waals surface area contributed by atoms with E-state index >= 15 is 0 Å². The summed E-state index contributed by atoms with van der Waals surface area (Å²) in [6, 6.07) is 13.0. The van der Waals surface area contributed by atoms with Crippen LogP contribution in [-0.4, -0.2) is 95.5 Å². The summed E-state index contributed by atoms with van der Waals surface area (Å²) in [5.74, 6) is -0.490. The molecule has 3 atom stereocenters. The van der Waals surface area contributed by atoms with Crippen molar-refractivity contribution >= 4 is 21.8 Å². The predicted molar refractivity (Wildman–Crippen MR) is 150 cm³/mol. The van der Waals surface area contributed by atoms with E-state index in [2.05, 4.69) is 20.9 Å². The summed E-state index contributed by atoms with van der Waals surface area (Å²) in [7, 11) is -3.33. The lowest BCUT2D eigenvalue weighted by atomic mass is 10.1. The van der Waals surface area contributed by atoms with Crippen LogP contribution in [-0.2, 0) is 14.8 Å². The Kier molecular flexibility index (Phi) is 8.76. The molecule has 13 heteroatoms. The van der Waals surface area contributed by atoms with Crippen LogP contribution in [0.4, 0.5) is 4.39 Å². The fraction of sp³-hybridized carbons (Fsp3) is 0.429. The van der Waals surface area contributed by atoms with Gasteiger partial charge in [-0.15, -0.1) is 5.10 Å². The summed E-state index contributed by atoms with van der Waals surface area (Å²) in [5.41, 5.74) is 2.26. The van der Waals surface area contributed by atoms with E-state index in [-0.39, 0.29) is 43.8 Å². The van der Waals surface area contributed by atoms with Gasteiger partial charge in [0.05, 0.1) is 24.3 Å². The van der Waals surface area contributed by atoms with Crippen LogP contribution in [0, 0.1) is 5.82 Å². The van der Waals surface area contributed by atoms with Crippen molar-refractivity contribution in [3.05, 3.63) is 77.9 Å². The standard InChI is InChI=1S/C28H34FN7O4S/c1-41(39,40)35-17-15-34(16-18-35)28(38)25(3-2-12-30-26-19-24(26)20-4-8-22(29)9-5-20)32-27(37)21-6-10-23(11-7-21)36-14-13-31-33-36/h4-11,13-14,24-26,30H,2-3,12,15-19H2,1H3,(H,32,37)/t24-,25-,26+/m0/s1. The molecule has 2 N–H and O–H groups in total. The zero-order chi connectivity index (χ0) is 29.0. The number of halogens is 1. The van der Waals surface area contributed by atoms with Crippen LogP contribution in [0.5, 0.6) is 0 Å². The van der Waals surface area contributed by atoms with Crippen LogP contribution in [0.1, 0.15) is 41.1 Å².